The number of hydrogen-bond acceptors (Lipinski definition) is 3. The van der Waals surface area contributed by atoms with Gasteiger partial charge in [-0.3, -0.25) is 9.59 Å². The Morgan fingerprint density at radius 1 is 0.903 bits per heavy atom. The van der Waals surface area contributed by atoms with Crippen LogP contribution in [0.15, 0.2) is 65.6 Å². The minimum atomic E-state index is -0.449. The number of rotatable bonds is 6. The maximum absolute atomic E-state index is 13.0. The van der Waals surface area contributed by atoms with Gasteiger partial charge in [-0.25, -0.2) is 0 Å². The van der Waals surface area contributed by atoms with Gasteiger partial charge < -0.3 is 5.32 Å². The summed E-state index contributed by atoms with van der Waals surface area (Å²) in [4.78, 5) is 27.8. The smallest absolute Gasteiger partial charge is 0.292 e. The van der Waals surface area contributed by atoms with Crippen LogP contribution in [0.25, 0.3) is 4.91 Å². The summed E-state index contributed by atoms with van der Waals surface area (Å²) >= 11 is 1.52. The first kappa shape index (κ1) is 20.6. The number of ketones is 1. The normalized spacial score (nSPS) is 29.1. The maximum atomic E-state index is 13.0. The average Bonchev–Trinajstić information content (AvgIpc) is 2.73. The fourth-order valence-electron chi connectivity index (χ4n) is 6.26. The molecule has 0 saturated heterocycles. The molecule has 1 N–H and O–H groups in total. The summed E-state index contributed by atoms with van der Waals surface area (Å²) in [7, 11) is 0. The summed E-state index contributed by atoms with van der Waals surface area (Å²) in [5, 5.41) is 3.21. The topological polar surface area (TPSA) is 46.2 Å². The first-order valence-electron chi connectivity index (χ1n) is 11.4. The Kier molecular flexibility index (Phi) is 5.51. The molecule has 4 aliphatic carbocycles. The van der Waals surface area contributed by atoms with Crippen LogP contribution in [0.4, 0.5) is 0 Å². The van der Waals surface area contributed by atoms with Gasteiger partial charge in [0.05, 0.1) is 0 Å². The molecule has 4 bridgehead atoms. The van der Waals surface area contributed by atoms with Crippen molar-refractivity contribution in [1.82, 2.24) is 5.32 Å². The van der Waals surface area contributed by atoms with Gasteiger partial charge in [-0.1, -0.05) is 59.8 Å². The third-order valence-corrected chi connectivity index (χ3v) is 8.29. The van der Waals surface area contributed by atoms with Crippen LogP contribution in [0.1, 0.15) is 49.7 Å². The van der Waals surface area contributed by atoms with Crippen LogP contribution in [0.3, 0.4) is 0 Å². The maximum Gasteiger partial charge on any atom is 0.292 e. The Balaban J connectivity index is 1.36. The predicted octanol–water partition coefficient (Wildman–Crippen LogP) is 5.78. The highest BCUT2D eigenvalue weighted by molar-refractivity contribution is 8.08. The van der Waals surface area contributed by atoms with Gasteiger partial charge >= 0.3 is 0 Å². The van der Waals surface area contributed by atoms with Gasteiger partial charge in [0.15, 0.2) is 0 Å². The quantitative estimate of drug-likeness (QED) is 0.358. The summed E-state index contributed by atoms with van der Waals surface area (Å²) in [6.45, 7) is 2.04. The second kappa shape index (κ2) is 8.31. The molecule has 2 aromatic carbocycles. The van der Waals surface area contributed by atoms with Gasteiger partial charge in [0.1, 0.15) is 0 Å². The van der Waals surface area contributed by atoms with Crippen LogP contribution in [0, 0.1) is 24.7 Å². The average molecular weight is 432 g/mol. The Hall–Kier alpha value is -2.33. The van der Waals surface area contributed by atoms with Crippen molar-refractivity contribution in [3.8, 4) is 0 Å². The van der Waals surface area contributed by atoms with Crippen molar-refractivity contribution in [3.05, 3.63) is 71.8 Å². The zero-order valence-corrected chi connectivity index (χ0v) is 18.8. The molecular formula is C27H29NO2S. The first-order valence-corrected chi connectivity index (χ1v) is 12.2. The van der Waals surface area contributed by atoms with Crippen molar-refractivity contribution in [2.24, 2.45) is 17.8 Å². The van der Waals surface area contributed by atoms with E-state index in [2.05, 4.69) is 5.32 Å². The number of carbonyl (C=O) groups excluding carboxylic acids is 2. The van der Waals surface area contributed by atoms with Crippen molar-refractivity contribution in [2.45, 2.75) is 55.9 Å². The molecule has 4 heteroatoms. The van der Waals surface area contributed by atoms with Crippen LogP contribution in [-0.4, -0.2) is 17.2 Å². The number of nitrogens with one attached hydrogen (secondary N) is 1. The van der Waals surface area contributed by atoms with Gasteiger partial charge in [-0.05, 0) is 80.9 Å². The van der Waals surface area contributed by atoms with E-state index in [9.17, 15) is 9.59 Å². The Bertz CT molecular complexity index is 974. The summed E-state index contributed by atoms with van der Waals surface area (Å²) in [5.41, 5.74) is 1.97. The van der Waals surface area contributed by atoms with Crippen LogP contribution < -0.4 is 5.32 Å². The van der Waals surface area contributed by atoms with Gasteiger partial charge in [0, 0.05) is 21.4 Å². The van der Waals surface area contributed by atoms with E-state index < -0.39 is 11.7 Å². The molecule has 2 aromatic rings. The van der Waals surface area contributed by atoms with E-state index in [-0.39, 0.29) is 5.54 Å². The standard InChI is InChI=1S/C27H29NO2S/c1-18-7-9-22(10-8-18)25(31-23-5-3-2-4-6-23)14-24(29)26(30)28-27-15-19-11-20(16-27)13-21(12-19)17-27/h2-10,14,19-21H,11-13,15-17H2,1H3,(H,28,30)/b25-14+. The lowest BCUT2D eigenvalue weighted by molar-refractivity contribution is -0.138. The highest BCUT2D eigenvalue weighted by Crippen LogP contribution is 2.55. The van der Waals surface area contributed by atoms with Gasteiger partial charge in [-0.2, -0.15) is 0 Å². The number of carbonyl (C=O) groups is 2. The molecule has 0 radical (unpaired) electrons. The molecule has 4 aliphatic rings. The molecule has 6 rings (SSSR count). The highest BCUT2D eigenvalue weighted by Gasteiger charge is 2.51. The van der Waals surface area contributed by atoms with Gasteiger partial charge in [0.2, 0.25) is 5.78 Å². The molecule has 4 fully saturated rings. The van der Waals surface area contributed by atoms with E-state index in [1.807, 2.05) is 61.5 Å². The molecule has 0 aromatic heterocycles. The van der Waals surface area contributed by atoms with Crippen LogP contribution in [0.2, 0.25) is 0 Å². The van der Waals surface area contributed by atoms with E-state index in [0.29, 0.717) is 0 Å². The van der Waals surface area contributed by atoms with E-state index in [1.54, 1.807) is 0 Å². The molecule has 0 aliphatic heterocycles. The van der Waals surface area contributed by atoms with E-state index in [4.69, 9.17) is 0 Å². The molecule has 160 valence electrons. The minimum absolute atomic E-state index is 0.147. The minimum Gasteiger partial charge on any atom is -0.344 e. The number of thioether (sulfide) groups is 1. The SMILES string of the molecule is Cc1ccc(/C(=C\C(=O)C(=O)NC23CC4CC(CC(C4)C2)C3)Sc2ccccc2)cc1. The molecule has 0 spiro atoms. The van der Waals surface area contributed by atoms with Crippen molar-refractivity contribution in [2.75, 3.05) is 0 Å². The van der Waals surface area contributed by atoms with Crippen LogP contribution >= 0.6 is 11.8 Å². The fraction of sp³-hybridized carbons (Fsp3) is 0.407. The Morgan fingerprint density at radius 3 is 2.06 bits per heavy atom. The second-order valence-electron chi connectivity index (χ2n) is 9.81. The molecule has 0 unspecified atom stereocenters. The predicted molar refractivity (Wildman–Crippen MR) is 126 cm³/mol. The Labute approximate surface area is 188 Å². The lowest BCUT2D eigenvalue weighted by atomic mass is 9.53. The first-order chi connectivity index (χ1) is 15.0. The third-order valence-electron chi connectivity index (χ3n) is 7.21. The third kappa shape index (κ3) is 4.50. The second-order valence-corrected chi connectivity index (χ2v) is 10.9. The van der Waals surface area contributed by atoms with Gasteiger partial charge in [0.25, 0.3) is 5.91 Å². The highest BCUT2D eigenvalue weighted by atomic mass is 32.2. The molecule has 31 heavy (non-hydrogen) atoms. The van der Waals surface area contributed by atoms with Crippen molar-refractivity contribution >= 4 is 28.4 Å². The van der Waals surface area contributed by atoms with Crippen molar-refractivity contribution < 1.29 is 9.59 Å². The summed E-state index contributed by atoms with van der Waals surface area (Å²) < 4.78 is 0. The molecule has 3 nitrogen and oxygen atoms in total. The largest absolute Gasteiger partial charge is 0.344 e. The molecule has 4 saturated carbocycles. The number of hydrogen-bond donors (Lipinski definition) is 1. The van der Waals surface area contributed by atoms with Crippen molar-refractivity contribution in [3.63, 3.8) is 0 Å². The van der Waals surface area contributed by atoms with Crippen LogP contribution in [-0.2, 0) is 9.59 Å². The summed E-state index contributed by atoms with van der Waals surface area (Å²) in [5.74, 6) is 1.30. The lowest BCUT2D eigenvalue weighted by Gasteiger charge is -2.56. The van der Waals surface area contributed by atoms with E-state index in [1.165, 1.54) is 42.7 Å². The molecule has 0 heterocycles. The fourth-order valence-corrected chi connectivity index (χ4v) is 7.22. The van der Waals surface area contributed by atoms with E-state index in [0.717, 1.165) is 52.4 Å². The number of aryl methyl sites for hydroxylation is 1. The van der Waals surface area contributed by atoms with Crippen LogP contribution in [0.5, 0.6) is 0 Å². The van der Waals surface area contributed by atoms with Gasteiger partial charge in [-0.15, -0.1) is 0 Å². The summed E-state index contributed by atoms with van der Waals surface area (Å²) in [6.07, 6.45) is 8.61. The zero-order valence-electron chi connectivity index (χ0n) is 18.0. The molecule has 0 atom stereocenters. The zero-order chi connectivity index (χ0) is 21.4. The number of amides is 1. The summed E-state index contributed by atoms with van der Waals surface area (Å²) in [6, 6.07) is 18.1. The lowest BCUT2D eigenvalue weighted by Crippen LogP contribution is -2.60. The molecule has 1 amide bonds. The molecular weight excluding hydrogens is 402 g/mol. The monoisotopic (exact) mass is 431 g/mol. The Morgan fingerprint density at radius 2 is 1.48 bits per heavy atom. The van der Waals surface area contributed by atoms with Crippen molar-refractivity contribution in [1.29, 1.82) is 0 Å². The van der Waals surface area contributed by atoms with E-state index >= 15 is 0 Å². The number of benzene rings is 2.